The highest BCUT2D eigenvalue weighted by Crippen LogP contribution is 2.42. The Balaban J connectivity index is 0.000000107. The molecular weight excluding hydrogens is 1760 g/mol. The number of hydrogen-bond acceptors (Lipinski definition) is 30. The molecule has 8 fully saturated rings. The van der Waals surface area contributed by atoms with Crippen LogP contribution in [0.25, 0.3) is 85.2 Å². The van der Waals surface area contributed by atoms with Gasteiger partial charge in [-0.1, -0.05) is 12.8 Å². The van der Waals surface area contributed by atoms with E-state index in [0.717, 1.165) is 120 Å². The molecular formula is C87H92F10N34OS. The van der Waals surface area contributed by atoms with E-state index in [2.05, 4.69) is 130 Å². The van der Waals surface area contributed by atoms with Crippen molar-refractivity contribution in [3.05, 3.63) is 182 Å². The number of fused-ring (bicyclic) bond motifs is 7. The zero-order valence-corrected chi connectivity index (χ0v) is 72.7. The van der Waals surface area contributed by atoms with Crippen molar-refractivity contribution in [1.82, 2.24) is 133 Å². The van der Waals surface area contributed by atoms with Crippen LogP contribution in [0.3, 0.4) is 0 Å². The van der Waals surface area contributed by atoms with E-state index in [-0.39, 0.29) is 34.0 Å². The Morgan fingerprint density at radius 2 is 0.767 bits per heavy atom. The van der Waals surface area contributed by atoms with Crippen LogP contribution in [0.2, 0.25) is 0 Å². The molecule has 0 aromatic carbocycles. The molecule has 0 bridgehead atoms. The predicted molar refractivity (Wildman–Crippen MR) is 473 cm³/mol. The van der Waals surface area contributed by atoms with Gasteiger partial charge in [0.05, 0.1) is 59.5 Å². The van der Waals surface area contributed by atoms with Crippen molar-refractivity contribution < 1.29 is 48.1 Å². The second-order valence-electron chi connectivity index (χ2n) is 34.6. The minimum Gasteiger partial charge on any atom is -0.356 e. The molecule has 22 heterocycles. The first-order chi connectivity index (χ1) is 64.4. The SMILES string of the molecule is CC1(N)CCCN(c2cc(-c3cnc4ccc(C(F)F)nn34)ncn2)C1.FC(F)c1ccc2ncc(-c3cc(N4CCC5CCCCC54)ncn3)n2n1.FC(F)c1ccc2ncc(-c3cc(N4CCC5CNC5C4)ncn3)n2n1.FC(F)c1ccc2ncc(-c3cc(N4CCCC5(CCNC5)C4)ncn3)n2n1.N=S1(=O)CCN(c2cc(-c3cnc4ccc(C(F)F)nn34)ncn2)CC1. The average Bonchev–Trinajstić information content (AvgIpc) is 1.38. The van der Waals surface area contributed by atoms with Crippen LogP contribution in [-0.4, -0.2) is 235 Å². The molecule has 23 rings (SSSR count). The molecule has 1 aliphatic carbocycles. The van der Waals surface area contributed by atoms with Crippen LogP contribution in [0.4, 0.5) is 73.0 Å². The number of alkyl halides is 10. The highest BCUT2D eigenvalue weighted by atomic mass is 32.2. The van der Waals surface area contributed by atoms with Gasteiger partial charge in [0.25, 0.3) is 32.1 Å². The molecule has 7 saturated heterocycles. The second kappa shape index (κ2) is 37.7. The number of hydrogen-bond donors (Lipinski definition) is 4. The van der Waals surface area contributed by atoms with E-state index in [9.17, 15) is 48.1 Å². The third-order valence-corrected chi connectivity index (χ3v) is 27.4. The van der Waals surface area contributed by atoms with Gasteiger partial charge in [0.1, 0.15) is 118 Å². The van der Waals surface area contributed by atoms with E-state index >= 15 is 0 Å². The minimum atomic E-state index is -2.68. The molecule has 6 unspecified atom stereocenters. The number of aromatic nitrogens is 25. The van der Waals surface area contributed by atoms with Gasteiger partial charge >= 0.3 is 0 Å². The van der Waals surface area contributed by atoms with Gasteiger partial charge in [0.15, 0.2) is 28.2 Å². The van der Waals surface area contributed by atoms with Crippen LogP contribution >= 0.6 is 0 Å². The Labute approximate surface area is 753 Å². The number of nitrogens with one attached hydrogen (secondary N) is 3. The third-order valence-electron chi connectivity index (χ3n) is 25.7. The fourth-order valence-electron chi connectivity index (χ4n) is 18.7. The summed E-state index contributed by atoms with van der Waals surface area (Å²) in [5, 5.41) is 26.9. The van der Waals surface area contributed by atoms with Gasteiger partial charge in [-0.05, 0) is 150 Å². The predicted octanol–water partition coefficient (Wildman–Crippen LogP) is 13.0. The van der Waals surface area contributed by atoms with Crippen molar-refractivity contribution in [2.45, 2.75) is 127 Å². The maximum Gasteiger partial charge on any atom is 0.282 e. The molecule has 7 aliphatic heterocycles. The minimum absolute atomic E-state index is 0.263. The number of imidazole rings is 5. The van der Waals surface area contributed by atoms with Gasteiger partial charge in [0.2, 0.25) is 0 Å². The van der Waals surface area contributed by atoms with Crippen molar-refractivity contribution in [2.24, 2.45) is 23.0 Å². The first-order valence-corrected chi connectivity index (χ1v) is 45.8. The normalized spacial score (nSPS) is 21.2. The molecule has 6 atom stereocenters. The van der Waals surface area contributed by atoms with Crippen LogP contribution in [-0.2, 0) is 9.73 Å². The highest BCUT2D eigenvalue weighted by molar-refractivity contribution is 7.92. The maximum absolute atomic E-state index is 13.1. The summed E-state index contributed by atoms with van der Waals surface area (Å²) in [7, 11) is -2.50. The molecule has 1 spiro atoms. The lowest BCUT2D eigenvalue weighted by atomic mass is 9.79. The smallest absolute Gasteiger partial charge is 0.282 e. The summed E-state index contributed by atoms with van der Waals surface area (Å²) >= 11 is 0. The maximum atomic E-state index is 13.1. The second-order valence-corrected chi connectivity index (χ2v) is 37.1. The Morgan fingerprint density at radius 3 is 1.14 bits per heavy atom. The van der Waals surface area contributed by atoms with Gasteiger partial charge in [-0.25, -0.2) is 145 Å². The molecule has 5 N–H and O–H groups in total. The fourth-order valence-corrected chi connectivity index (χ4v) is 19.9. The van der Waals surface area contributed by atoms with Crippen molar-refractivity contribution in [2.75, 3.05) is 115 Å². The molecule has 8 aliphatic rings. The summed E-state index contributed by atoms with van der Waals surface area (Å²) in [4.78, 5) is 75.6. The van der Waals surface area contributed by atoms with Crippen molar-refractivity contribution in [3.8, 4) is 56.9 Å². The van der Waals surface area contributed by atoms with E-state index in [4.69, 9.17) is 10.5 Å². The zero-order chi connectivity index (χ0) is 91.8. The summed E-state index contributed by atoms with van der Waals surface area (Å²) in [5.41, 5.74) is 13.0. The fraction of sp³-hybridized carbons (Fsp3) is 0.425. The summed E-state index contributed by atoms with van der Waals surface area (Å²) < 4.78 is 156. The van der Waals surface area contributed by atoms with E-state index in [1.54, 1.807) is 43.0 Å². The molecule has 46 heteroatoms. The number of nitrogens with two attached hydrogens (primary N) is 1. The highest BCUT2D eigenvalue weighted by Gasteiger charge is 2.41. The first-order valence-electron chi connectivity index (χ1n) is 43.9. The molecule has 1 saturated carbocycles. The molecule has 133 heavy (non-hydrogen) atoms. The molecule has 15 aromatic rings. The first kappa shape index (κ1) is 88.9. The van der Waals surface area contributed by atoms with Gasteiger partial charge in [-0.3, -0.25) is 4.78 Å². The van der Waals surface area contributed by atoms with Crippen LogP contribution < -0.4 is 40.9 Å². The number of halogens is 10. The molecule has 15 aromatic heterocycles. The van der Waals surface area contributed by atoms with E-state index < -0.39 is 41.9 Å². The van der Waals surface area contributed by atoms with E-state index in [1.165, 1.54) is 154 Å². The quantitative estimate of drug-likeness (QED) is 0.0693. The molecule has 0 amide bonds. The van der Waals surface area contributed by atoms with Crippen molar-refractivity contribution in [3.63, 3.8) is 0 Å². The van der Waals surface area contributed by atoms with Crippen LogP contribution in [0.5, 0.6) is 0 Å². The summed E-state index contributed by atoms with van der Waals surface area (Å²) in [6, 6.07) is 24.4. The lowest BCUT2D eigenvalue weighted by Gasteiger charge is -2.46. The summed E-state index contributed by atoms with van der Waals surface area (Å²) in [6.07, 6.45) is 15.1. The topological polar surface area (TPSA) is 387 Å². The van der Waals surface area contributed by atoms with Crippen LogP contribution in [0.1, 0.15) is 138 Å². The van der Waals surface area contributed by atoms with E-state index in [1.807, 2.05) is 36.1 Å². The van der Waals surface area contributed by atoms with E-state index in [0.29, 0.717) is 140 Å². The summed E-state index contributed by atoms with van der Waals surface area (Å²) in [6.45, 7) is 12.6. The Kier molecular flexibility index (Phi) is 25.2. The molecule has 0 radical (unpaired) electrons. The van der Waals surface area contributed by atoms with Crippen LogP contribution in [0, 0.1) is 22.0 Å². The number of piperidine rings is 3. The Bertz CT molecular complexity index is 6780. The number of anilines is 5. The lowest BCUT2D eigenvalue weighted by Crippen LogP contribution is -2.62. The Morgan fingerprint density at radius 1 is 0.398 bits per heavy atom. The lowest BCUT2D eigenvalue weighted by molar-refractivity contribution is 0.144. The summed E-state index contributed by atoms with van der Waals surface area (Å²) in [5.74, 6) is 6.08. The standard InChI is InChI=1S/C19H21F2N7.C19H20F2N6.C17H17F2N7.C17H19F2N7.C15H15F2N7OS/c20-18(21)13-2-3-16-23-9-15(28(16)26-13)14-8-17(25-12-24-14)27-7-1-4-19(11-27)5-6-22-10-19;20-19(21)13-5-6-17-22-10-16(27(17)25-13)14-9-18(24-11-23-14)26-8-7-12-3-1-2-4-15(12)26;18-17(19)11-1-2-15-21-7-14(26(15)24-11)12-5-16(23-9-22-12)25-4-3-10-6-20-13(10)8-25;1-17(20)5-2-6-25(9-17)15-7-12(22-10-23-15)13-8-21-14-4-3-11(16(18)19)24-26(13)14;16-15(17)10-1-2-13-19-8-12(24(13)22-10)11-7-14(21-9-20-11)23-3-5-26(18,25)6-4-23/h2-3,8-9,12,18,22H,1,4-7,10-11H2;5-6,9-12,15,19H,1-4,7-8H2;1-2,5,7,9-10,13,17,20H,3-4,6,8H2;3-4,7-8,10,16H,2,5-6,9,20H2,1H3;1-2,7-9,15,18H,3-6H2. The van der Waals surface area contributed by atoms with Gasteiger partial charge in [0, 0.05) is 140 Å². The van der Waals surface area contributed by atoms with Gasteiger partial charge < -0.3 is 40.9 Å². The van der Waals surface area contributed by atoms with Crippen molar-refractivity contribution in [1.29, 1.82) is 4.78 Å². The average molecular weight is 1850 g/mol. The van der Waals surface area contributed by atoms with Crippen LogP contribution in [0.15, 0.2) is 154 Å². The monoisotopic (exact) mass is 1850 g/mol. The van der Waals surface area contributed by atoms with Crippen molar-refractivity contribution >= 4 is 67.1 Å². The third kappa shape index (κ3) is 19.2. The Hall–Kier alpha value is -13.4. The van der Waals surface area contributed by atoms with Gasteiger partial charge in [-0.15, -0.1) is 0 Å². The van der Waals surface area contributed by atoms with Gasteiger partial charge in [-0.2, -0.15) is 25.5 Å². The molecule has 35 nitrogen and oxygen atoms in total. The number of rotatable bonds is 15. The number of nitrogens with zero attached hydrogens (tertiary/aromatic N) is 30. The molecule has 692 valence electrons. The zero-order valence-electron chi connectivity index (χ0n) is 71.9. The largest absolute Gasteiger partial charge is 0.356 e.